The van der Waals surface area contributed by atoms with Crippen LogP contribution in [0.2, 0.25) is 0 Å². The Morgan fingerprint density at radius 3 is 1.71 bits per heavy atom. The van der Waals surface area contributed by atoms with E-state index < -0.39 is 5.97 Å². The molecule has 6 heteroatoms. The first-order chi connectivity index (χ1) is 23.9. The Morgan fingerprint density at radius 1 is 0.694 bits per heavy atom. The molecule has 6 nitrogen and oxygen atoms in total. The van der Waals surface area contributed by atoms with Crippen molar-refractivity contribution < 1.29 is 14.3 Å². The zero-order valence-electron chi connectivity index (χ0n) is 28.5. The van der Waals surface area contributed by atoms with Crippen molar-refractivity contribution in [2.45, 2.75) is 51.4 Å². The largest absolute Gasteiger partial charge is 0.494 e. The summed E-state index contributed by atoms with van der Waals surface area (Å²) in [5.41, 5.74) is 6.49. The lowest BCUT2D eigenvalue weighted by atomic mass is 10.0. The summed E-state index contributed by atoms with van der Waals surface area (Å²) in [6.07, 6.45) is 10.1. The number of benzene rings is 4. The van der Waals surface area contributed by atoms with Crippen molar-refractivity contribution in [3.05, 3.63) is 136 Å². The first-order valence-corrected chi connectivity index (χ1v) is 16.8. The average molecular weight is 650 g/mol. The molecule has 0 N–H and O–H groups in total. The standard InChI is InChI=1S/C43H43N3O3/c1-45-42(32-36-16-14-34(15-17-36)12-13-35-20-26-40(27-21-35)46(2)3)43(47)49-31-11-9-7-5-4-6-8-10-30-48-41-28-24-39(25-29-41)38-22-18-37(33-44)19-23-38/h14-29,32H,4-11,30-31H2,2-3H3. The Hall–Kier alpha value is -5.77. The van der Waals surface area contributed by atoms with Crippen LogP contribution in [0.25, 0.3) is 22.0 Å². The van der Waals surface area contributed by atoms with Gasteiger partial charge in [0.15, 0.2) is 0 Å². The summed E-state index contributed by atoms with van der Waals surface area (Å²) in [5.74, 6) is 6.62. The lowest BCUT2D eigenvalue weighted by molar-refractivity contribution is -0.138. The van der Waals surface area contributed by atoms with Gasteiger partial charge >= 0.3 is 5.97 Å². The highest BCUT2D eigenvalue weighted by atomic mass is 16.5. The van der Waals surface area contributed by atoms with Crippen LogP contribution in [0.5, 0.6) is 5.75 Å². The quantitative estimate of drug-likeness (QED) is 0.0398. The summed E-state index contributed by atoms with van der Waals surface area (Å²) in [7, 11) is 4.01. The number of carbonyl (C=O) groups is 1. The van der Waals surface area contributed by atoms with Crippen molar-refractivity contribution in [3.8, 4) is 34.8 Å². The maximum absolute atomic E-state index is 12.5. The highest BCUT2D eigenvalue weighted by Gasteiger charge is 2.11. The van der Waals surface area contributed by atoms with Crippen LogP contribution in [0.3, 0.4) is 0 Å². The Balaban J connectivity index is 1.04. The lowest BCUT2D eigenvalue weighted by Crippen LogP contribution is -2.07. The molecule has 0 aliphatic rings. The van der Waals surface area contributed by atoms with E-state index in [0.29, 0.717) is 18.8 Å². The molecular weight excluding hydrogens is 606 g/mol. The third-order valence-corrected chi connectivity index (χ3v) is 8.02. The molecule has 4 rings (SSSR count). The molecule has 0 unspecified atom stereocenters. The highest BCUT2D eigenvalue weighted by Crippen LogP contribution is 2.23. The van der Waals surface area contributed by atoms with Gasteiger partial charge in [0, 0.05) is 30.9 Å². The van der Waals surface area contributed by atoms with Gasteiger partial charge in [-0.05, 0) is 96.3 Å². The molecule has 0 saturated carbocycles. The number of nitrogens with zero attached hydrogens (tertiary/aromatic N) is 3. The Kier molecular flexibility index (Phi) is 14.6. The second kappa shape index (κ2) is 19.8. The van der Waals surface area contributed by atoms with E-state index in [1.807, 2.05) is 116 Å². The highest BCUT2D eigenvalue weighted by molar-refractivity contribution is 5.95. The fourth-order valence-corrected chi connectivity index (χ4v) is 5.12. The minimum absolute atomic E-state index is 0.0242. The summed E-state index contributed by atoms with van der Waals surface area (Å²) in [6, 6.07) is 33.3. The van der Waals surface area contributed by atoms with Gasteiger partial charge in [-0.15, -0.1) is 0 Å². The molecular formula is C43H43N3O3. The van der Waals surface area contributed by atoms with Crippen LogP contribution >= 0.6 is 0 Å². The second-order valence-electron chi connectivity index (χ2n) is 12.0. The van der Waals surface area contributed by atoms with Gasteiger partial charge in [-0.3, -0.25) is 4.79 Å². The molecule has 0 amide bonds. The molecule has 0 atom stereocenters. The molecule has 0 aliphatic carbocycles. The summed E-state index contributed by atoms with van der Waals surface area (Å²) in [4.78, 5) is 17.9. The zero-order valence-corrected chi connectivity index (χ0v) is 28.5. The van der Waals surface area contributed by atoms with Crippen LogP contribution in [0.4, 0.5) is 5.69 Å². The Bertz CT molecular complexity index is 1800. The van der Waals surface area contributed by atoms with Gasteiger partial charge < -0.3 is 14.4 Å². The van der Waals surface area contributed by atoms with Crippen molar-refractivity contribution in [1.82, 2.24) is 0 Å². The normalized spacial score (nSPS) is 10.7. The average Bonchev–Trinajstić information content (AvgIpc) is 3.14. The minimum atomic E-state index is -0.579. The third-order valence-electron chi connectivity index (χ3n) is 8.02. The van der Waals surface area contributed by atoms with Crippen molar-refractivity contribution in [2.75, 3.05) is 32.2 Å². The van der Waals surface area contributed by atoms with E-state index in [-0.39, 0.29) is 5.70 Å². The topological polar surface area (TPSA) is 66.9 Å². The number of rotatable bonds is 16. The molecule has 0 aliphatic heterocycles. The van der Waals surface area contributed by atoms with E-state index >= 15 is 0 Å². The van der Waals surface area contributed by atoms with Crippen LogP contribution in [0, 0.1) is 29.7 Å². The van der Waals surface area contributed by atoms with Gasteiger partial charge in [0.05, 0.1) is 31.4 Å². The van der Waals surface area contributed by atoms with Crippen molar-refractivity contribution in [2.24, 2.45) is 0 Å². The summed E-state index contributed by atoms with van der Waals surface area (Å²) in [6.45, 7) is 8.47. The lowest BCUT2D eigenvalue weighted by Gasteiger charge is -2.11. The van der Waals surface area contributed by atoms with Gasteiger partial charge in [-0.25, -0.2) is 4.85 Å². The first-order valence-electron chi connectivity index (χ1n) is 16.8. The molecule has 49 heavy (non-hydrogen) atoms. The predicted molar refractivity (Wildman–Crippen MR) is 198 cm³/mol. The van der Waals surface area contributed by atoms with Crippen molar-refractivity contribution in [1.29, 1.82) is 5.26 Å². The van der Waals surface area contributed by atoms with E-state index in [9.17, 15) is 4.79 Å². The molecule has 248 valence electrons. The maximum atomic E-state index is 12.5. The molecule has 4 aromatic rings. The molecule has 0 aromatic heterocycles. The number of anilines is 1. The van der Waals surface area contributed by atoms with Crippen LogP contribution in [0.1, 0.15) is 73.6 Å². The number of hydrogen-bond acceptors (Lipinski definition) is 5. The fraction of sp³-hybridized carbons (Fsp3) is 0.279. The monoisotopic (exact) mass is 649 g/mol. The van der Waals surface area contributed by atoms with Crippen LogP contribution in [-0.2, 0) is 9.53 Å². The van der Waals surface area contributed by atoms with Crippen LogP contribution in [0.15, 0.2) is 103 Å². The zero-order chi connectivity index (χ0) is 34.7. The predicted octanol–water partition coefficient (Wildman–Crippen LogP) is 9.69. The molecule has 0 bridgehead atoms. The van der Waals surface area contributed by atoms with Gasteiger partial charge in [0.1, 0.15) is 5.75 Å². The molecule has 0 radical (unpaired) electrons. The number of ether oxygens (including phenoxy) is 2. The Labute approximate surface area is 291 Å². The van der Waals surface area contributed by atoms with Crippen LogP contribution < -0.4 is 9.64 Å². The second-order valence-corrected chi connectivity index (χ2v) is 12.0. The van der Waals surface area contributed by atoms with E-state index in [2.05, 4.69) is 22.8 Å². The number of carbonyl (C=O) groups excluding carboxylic acids is 1. The number of unbranched alkanes of at least 4 members (excludes halogenated alkanes) is 7. The third kappa shape index (κ3) is 12.4. The molecule has 0 heterocycles. The van der Waals surface area contributed by atoms with E-state index in [1.54, 1.807) is 6.08 Å². The number of hydrogen-bond donors (Lipinski definition) is 0. The van der Waals surface area contributed by atoms with Gasteiger partial charge in [0.2, 0.25) is 0 Å². The maximum Gasteiger partial charge on any atom is 0.336 e. The Morgan fingerprint density at radius 2 is 1.18 bits per heavy atom. The fourth-order valence-electron chi connectivity index (χ4n) is 5.12. The smallest absolute Gasteiger partial charge is 0.336 e. The summed E-state index contributed by atoms with van der Waals surface area (Å²) >= 11 is 0. The van der Waals surface area contributed by atoms with Crippen molar-refractivity contribution >= 4 is 17.7 Å². The summed E-state index contributed by atoms with van der Waals surface area (Å²) < 4.78 is 11.3. The minimum Gasteiger partial charge on any atom is -0.494 e. The SMILES string of the molecule is [C-]#[N+]C(=Cc1ccc(C#Cc2ccc(N(C)C)cc2)cc1)C(=O)OCCCCCCCCCCOc1ccc(-c2ccc(C#N)cc2)cc1. The van der Waals surface area contributed by atoms with E-state index in [1.165, 1.54) is 12.8 Å². The molecule has 0 spiro atoms. The van der Waals surface area contributed by atoms with Crippen LogP contribution in [-0.4, -0.2) is 33.3 Å². The van der Waals surface area contributed by atoms with E-state index in [0.717, 1.165) is 77.8 Å². The van der Waals surface area contributed by atoms with E-state index in [4.69, 9.17) is 21.3 Å². The number of nitriles is 1. The molecule has 4 aromatic carbocycles. The number of esters is 1. The van der Waals surface area contributed by atoms with Crippen molar-refractivity contribution in [3.63, 3.8) is 0 Å². The molecule has 0 saturated heterocycles. The van der Waals surface area contributed by atoms with Gasteiger partial charge in [-0.2, -0.15) is 5.26 Å². The summed E-state index contributed by atoms with van der Waals surface area (Å²) in [5, 5.41) is 8.96. The van der Waals surface area contributed by atoms with Gasteiger partial charge in [0.25, 0.3) is 5.70 Å². The first kappa shape index (κ1) is 36.1. The van der Waals surface area contributed by atoms with Gasteiger partial charge in [-0.1, -0.05) is 86.8 Å². The molecule has 0 fully saturated rings.